The lowest BCUT2D eigenvalue weighted by Gasteiger charge is -2.24. The van der Waals surface area contributed by atoms with E-state index < -0.39 is 11.9 Å². The number of carbonyl (C=O) groups is 1. The fraction of sp³-hybridized carbons (Fsp3) is 0.167. The Bertz CT molecular complexity index is 1500. The molecule has 1 aliphatic heterocycles. The molecule has 5 rings (SSSR count). The summed E-state index contributed by atoms with van der Waals surface area (Å²) >= 11 is 0. The van der Waals surface area contributed by atoms with Crippen molar-refractivity contribution in [3.8, 4) is 29.0 Å². The summed E-state index contributed by atoms with van der Waals surface area (Å²) in [5.41, 5.74) is 11.3. The second kappa shape index (κ2) is 10.0. The first kappa shape index (κ1) is 23.9. The van der Waals surface area contributed by atoms with Gasteiger partial charge in [-0.05, 0) is 47.7 Å². The van der Waals surface area contributed by atoms with Crippen LogP contribution in [-0.4, -0.2) is 16.2 Å². The number of ether oxygens (including phenoxy) is 2. The number of H-pyrrole nitrogens is 1. The molecule has 3 aromatic carbocycles. The monoisotopic (exact) mass is 490 g/mol. The van der Waals surface area contributed by atoms with Crippen molar-refractivity contribution in [2.45, 2.75) is 26.2 Å². The summed E-state index contributed by atoms with van der Waals surface area (Å²) in [5, 5.41) is 17.4. The van der Waals surface area contributed by atoms with E-state index in [2.05, 4.69) is 42.2 Å². The van der Waals surface area contributed by atoms with Crippen LogP contribution in [0.25, 0.3) is 11.3 Å². The van der Waals surface area contributed by atoms with Crippen molar-refractivity contribution < 1.29 is 14.3 Å². The van der Waals surface area contributed by atoms with Crippen molar-refractivity contribution in [1.29, 1.82) is 5.26 Å². The molecule has 7 nitrogen and oxygen atoms in total. The number of allylic oxidation sites excluding steroid dienone is 1. The topological polar surface area (TPSA) is 114 Å². The molecule has 0 aliphatic carbocycles. The third kappa shape index (κ3) is 4.82. The minimum absolute atomic E-state index is 0.0184. The zero-order chi connectivity index (χ0) is 25.9. The fourth-order valence-electron chi connectivity index (χ4n) is 4.55. The number of nitrogens with two attached hydrogens (primary N) is 1. The van der Waals surface area contributed by atoms with Gasteiger partial charge in [-0.1, -0.05) is 68.4 Å². The number of esters is 1. The summed E-state index contributed by atoms with van der Waals surface area (Å²) in [5.74, 6) is 0.365. The van der Waals surface area contributed by atoms with Crippen LogP contribution in [0.1, 0.15) is 46.8 Å². The Kier molecular flexibility index (Phi) is 6.48. The molecule has 184 valence electrons. The highest BCUT2D eigenvalue weighted by atomic mass is 16.5. The number of benzene rings is 3. The third-order valence-corrected chi connectivity index (χ3v) is 6.26. The maximum atomic E-state index is 12.4. The van der Waals surface area contributed by atoms with E-state index in [9.17, 15) is 10.1 Å². The van der Waals surface area contributed by atoms with E-state index in [1.54, 1.807) is 36.4 Å². The molecule has 1 aromatic heterocycles. The van der Waals surface area contributed by atoms with Crippen LogP contribution in [0.4, 0.5) is 0 Å². The van der Waals surface area contributed by atoms with E-state index in [1.807, 2.05) is 30.3 Å². The lowest BCUT2D eigenvalue weighted by molar-refractivity contribution is 0.0734. The van der Waals surface area contributed by atoms with Gasteiger partial charge in [0.1, 0.15) is 17.4 Å². The highest BCUT2D eigenvalue weighted by Gasteiger charge is 2.35. The van der Waals surface area contributed by atoms with E-state index in [4.69, 9.17) is 15.2 Å². The van der Waals surface area contributed by atoms with Crippen LogP contribution in [0.3, 0.4) is 0 Å². The first-order valence-corrected chi connectivity index (χ1v) is 12.1. The third-order valence-electron chi connectivity index (χ3n) is 6.26. The van der Waals surface area contributed by atoms with Crippen LogP contribution in [0.15, 0.2) is 90.3 Å². The number of rotatable bonds is 6. The molecule has 3 N–H and O–H groups in total. The number of nitriles is 1. The Balaban J connectivity index is 1.48. The SMILES string of the molecule is CC(C)Cc1ccc(-c2[nH]nc3c2[C@@H](c2ccc(OC(=O)c4ccccc4)cc2)C(C#N)=C(N)O3)cc1. The quantitative estimate of drug-likeness (QED) is 0.264. The predicted octanol–water partition coefficient (Wildman–Crippen LogP) is 5.71. The van der Waals surface area contributed by atoms with Gasteiger partial charge in [-0.25, -0.2) is 4.79 Å². The average molecular weight is 491 g/mol. The van der Waals surface area contributed by atoms with Gasteiger partial charge in [-0.2, -0.15) is 5.26 Å². The van der Waals surface area contributed by atoms with Gasteiger partial charge in [0, 0.05) is 5.56 Å². The lowest BCUT2D eigenvalue weighted by atomic mass is 9.83. The number of fused-ring (bicyclic) bond motifs is 1. The van der Waals surface area contributed by atoms with E-state index in [-0.39, 0.29) is 5.88 Å². The number of aromatic nitrogens is 2. The van der Waals surface area contributed by atoms with E-state index in [0.29, 0.717) is 28.7 Å². The van der Waals surface area contributed by atoms with Crippen molar-refractivity contribution in [2.24, 2.45) is 11.7 Å². The Morgan fingerprint density at radius 2 is 1.78 bits per heavy atom. The lowest BCUT2D eigenvalue weighted by Crippen LogP contribution is -2.21. The van der Waals surface area contributed by atoms with E-state index in [0.717, 1.165) is 28.8 Å². The largest absolute Gasteiger partial charge is 0.423 e. The second-order valence-corrected chi connectivity index (χ2v) is 9.36. The molecule has 0 amide bonds. The first-order valence-electron chi connectivity index (χ1n) is 12.1. The smallest absolute Gasteiger partial charge is 0.343 e. The second-order valence-electron chi connectivity index (χ2n) is 9.36. The predicted molar refractivity (Wildman–Crippen MR) is 140 cm³/mol. The summed E-state index contributed by atoms with van der Waals surface area (Å²) in [6.45, 7) is 4.38. The molecular weight excluding hydrogens is 464 g/mol. The Labute approximate surface area is 215 Å². The maximum Gasteiger partial charge on any atom is 0.343 e. The molecule has 1 atom stereocenters. The number of hydrogen-bond donors (Lipinski definition) is 2. The molecule has 1 aliphatic rings. The molecular formula is C30H26N4O3. The normalized spacial score (nSPS) is 14.6. The van der Waals surface area contributed by atoms with Crippen molar-refractivity contribution >= 4 is 5.97 Å². The van der Waals surface area contributed by atoms with Crippen molar-refractivity contribution in [3.05, 3.63) is 113 Å². The maximum absolute atomic E-state index is 12.4. The summed E-state index contributed by atoms with van der Waals surface area (Å²) < 4.78 is 11.2. The van der Waals surface area contributed by atoms with Crippen LogP contribution in [0.5, 0.6) is 11.6 Å². The molecule has 0 saturated heterocycles. The van der Waals surface area contributed by atoms with Gasteiger partial charge in [-0.3, -0.25) is 5.10 Å². The van der Waals surface area contributed by atoms with Crippen LogP contribution < -0.4 is 15.2 Å². The minimum Gasteiger partial charge on any atom is -0.423 e. The van der Waals surface area contributed by atoms with Crippen LogP contribution in [0.2, 0.25) is 0 Å². The van der Waals surface area contributed by atoms with Gasteiger partial charge in [0.15, 0.2) is 0 Å². The Hall–Kier alpha value is -4.83. The molecule has 0 radical (unpaired) electrons. The van der Waals surface area contributed by atoms with Gasteiger partial charge >= 0.3 is 5.97 Å². The summed E-state index contributed by atoms with van der Waals surface area (Å²) in [4.78, 5) is 12.4. The number of nitrogens with one attached hydrogen (secondary N) is 1. The molecule has 2 heterocycles. The molecule has 7 heteroatoms. The first-order chi connectivity index (χ1) is 17.9. The molecule has 4 aromatic rings. The highest BCUT2D eigenvalue weighted by Crippen LogP contribution is 2.45. The van der Waals surface area contributed by atoms with Crippen LogP contribution in [0, 0.1) is 17.2 Å². The fourth-order valence-corrected chi connectivity index (χ4v) is 4.55. The van der Waals surface area contributed by atoms with Crippen LogP contribution >= 0.6 is 0 Å². The van der Waals surface area contributed by atoms with Gasteiger partial charge < -0.3 is 15.2 Å². The summed E-state index contributed by atoms with van der Waals surface area (Å²) in [7, 11) is 0. The molecule has 0 unspecified atom stereocenters. The van der Waals surface area contributed by atoms with Crippen molar-refractivity contribution in [2.75, 3.05) is 0 Å². The standard InChI is InChI=1S/C30H26N4O3/c1-18(2)16-19-8-10-21(11-9-19)27-26-25(24(17-31)28(32)37-29(26)34-33-27)20-12-14-23(15-13-20)36-30(35)22-6-4-3-5-7-22/h3-15,18,25H,16,32H2,1-2H3,(H,33,34)/t25-/m0/s1. The van der Waals surface area contributed by atoms with Crippen molar-refractivity contribution in [3.63, 3.8) is 0 Å². The zero-order valence-electron chi connectivity index (χ0n) is 20.6. The Morgan fingerprint density at radius 3 is 2.43 bits per heavy atom. The number of aromatic amines is 1. The van der Waals surface area contributed by atoms with E-state index >= 15 is 0 Å². The zero-order valence-corrected chi connectivity index (χ0v) is 20.6. The molecule has 0 spiro atoms. The van der Waals surface area contributed by atoms with E-state index in [1.165, 1.54) is 5.56 Å². The summed E-state index contributed by atoms with van der Waals surface area (Å²) in [6, 6.07) is 26.4. The molecule has 0 bridgehead atoms. The Morgan fingerprint density at radius 1 is 1.08 bits per heavy atom. The number of nitrogens with zero attached hydrogens (tertiary/aromatic N) is 2. The van der Waals surface area contributed by atoms with Gasteiger partial charge in [0.05, 0.1) is 22.7 Å². The number of hydrogen-bond acceptors (Lipinski definition) is 6. The molecule has 0 saturated carbocycles. The van der Waals surface area contributed by atoms with Gasteiger partial charge in [0.25, 0.3) is 0 Å². The number of carbonyl (C=O) groups excluding carboxylic acids is 1. The van der Waals surface area contributed by atoms with Crippen molar-refractivity contribution in [1.82, 2.24) is 10.2 Å². The summed E-state index contributed by atoms with van der Waals surface area (Å²) in [6.07, 6.45) is 0.992. The van der Waals surface area contributed by atoms with Crippen LogP contribution in [-0.2, 0) is 6.42 Å². The molecule has 0 fully saturated rings. The average Bonchev–Trinajstić information content (AvgIpc) is 3.32. The van der Waals surface area contributed by atoms with Gasteiger partial charge in [0.2, 0.25) is 11.8 Å². The van der Waals surface area contributed by atoms with Gasteiger partial charge in [-0.15, -0.1) is 5.10 Å². The molecule has 37 heavy (non-hydrogen) atoms. The minimum atomic E-state index is -0.503. The highest BCUT2D eigenvalue weighted by molar-refractivity contribution is 5.91.